The third kappa shape index (κ3) is 19.6. The maximum atomic E-state index is 12.2. The lowest BCUT2D eigenvalue weighted by Gasteiger charge is -2.31. The van der Waals surface area contributed by atoms with Gasteiger partial charge in [-0.2, -0.15) is 4.68 Å². The highest BCUT2D eigenvalue weighted by Crippen LogP contribution is 2.33. The topological polar surface area (TPSA) is 196 Å². The lowest BCUT2D eigenvalue weighted by atomic mass is 9.97. The van der Waals surface area contributed by atoms with E-state index >= 15 is 0 Å². The Morgan fingerprint density at radius 1 is 1.22 bits per heavy atom. The fourth-order valence-corrected chi connectivity index (χ4v) is 5.31. The molecule has 14 nitrogen and oxygen atoms in total. The van der Waals surface area contributed by atoms with Crippen LogP contribution in [0.5, 0.6) is 5.75 Å². The van der Waals surface area contributed by atoms with Gasteiger partial charge in [-0.05, 0) is 48.4 Å². The van der Waals surface area contributed by atoms with Crippen LogP contribution in [0, 0.1) is 19.3 Å². The van der Waals surface area contributed by atoms with Gasteiger partial charge in [-0.25, -0.2) is 4.79 Å². The number of carboxylic acid groups (broad SMARTS) is 1. The Hall–Kier alpha value is -3.03. The molecule has 2 atom stereocenters. The molecule has 0 aliphatic heterocycles. The number of nitrogens with one attached hydrogen (secondary N) is 1. The van der Waals surface area contributed by atoms with E-state index in [1.165, 1.54) is 12.1 Å². The summed E-state index contributed by atoms with van der Waals surface area (Å²) in [6.07, 6.45) is 11.9. The molecule has 0 aliphatic rings. The number of para-hydroxylation sites is 1. The summed E-state index contributed by atoms with van der Waals surface area (Å²) < 4.78 is 26.7. The molecule has 308 valence electrons. The first kappa shape index (κ1) is 52.0. The number of aromatic nitrogens is 2. The van der Waals surface area contributed by atoms with Gasteiger partial charge in [0.2, 0.25) is 11.8 Å². The SMILES string of the molecule is C#CCOc1cc(-n2nc(C(C)(C)C)oc2=O)c(Cl)cc1Cl.CCc1cccc(C)c1N(C(=O)CCl)C(C)COC.C[S+](C)C.O=C(O)CNCP(=O)([O-])O. The number of alkyl halides is 1. The van der Waals surface area contributed by atoms with Gasteiger partial charge >= 0.3 is 11.7 Å². The number of terminal acetylenes is 1. The average molecular weight is 870 g/mol. The Balaban J connectivity index is 0.000000801. The van der Waals surface area contributed by atoms with E-state index in [4.69, 9.17) is 65.1 Å². The molecule has 2 aromatic carbocycles. The van der Waals surface area contributed by atoms with Gasteiger partial charge in [0.05, 0.1) is 65.7 Å². The molecule has 1 heterocycles. The third-order valence-corrected chi connectivity index (χ3v) is 7.94. The van der Waals surface area contributed by atoms with Crippen LogP contribution in [0.3, 0.4) is 0 Å². The maximum Gasteiger partial charge on any atom is 0.442 e. The van der Waals surface area contributed by atoms with Crippen LogP contribution in [-0.4, -0.2) is 95.5 Å². The number of hydrogen-bond acceptors (Lipinski definition) is 10. The van der Waals surface area contributed by atoms with Crippen LogP contribution >= 0.6 is 42.4 Å². The zero-order chi connectivity index (χ0) is 42.7. The first-order chi connectivity index (χ1) is 25.4. The van der Waals surface area contributed by atoms with E-state index in [2.05, 4.69) is 42.8 Å². The number of hydrogen-bond donors (Lipinski definition) is 3. The number of benzene rings is 2. The van der Waals surface area contributed by atoms with Gasteiger partial charge in [-0.1, -0.05) is 75.0 Å². The highest BCUT2D eigenvalue weighted by Gasteiger charge is 2.25. The summed E-state index contributed by atoms with van der Waals surface area (Å²) in [6, 6.07) is 9.00. The van der Waals surface area contributed by atoms with E-state index in [0.29, 0.717) is 34.8 Å². The number of ether oxygens (including phenoxy) is 2. The fourth-order valence-electron chi connectivity index (χ4n) is 4.27. The maximum absolute atomic E-state index is 12.2. The minimum atomic E-state index is -4.35. The summed E-state index contributed by atoms with van der Waals surface area (Å²) in [5.41, 5.74) is 3.11. The predicted molar refractivity (Wildman–Crippen MR) is 221 cm³/mol. The standard InChI is InChI=1S/C15H14Cl2N2O3.C15H22ClNO2.C3H8NO5P.C3H9S/c1-5-6-21-12-8-11(9(16)7-10(12)17)19-14(20)22-13(18-19)15(2,3)4;1-5-13-8-6-7-11(2)15(13)17(14(18)9-16)12(3)10-19-4;5-3(6)1-4-2-10(7,8)9;1-4(2)3/h1,7-8H,6H2,2-4H3;6-8,12H,5,9-10H2,1-4H3;4H,1-2H2,(H,5,6)(H2,7,8,9);1-3H3/q;;;+1/p-1. The van der Waals surface area contributed by atoms with Crippen LogP contribution in [-0.2, 0) is 41.6 Å². The molecule has 55 heavy (non-hydrogen) atoms. The molecule has 3 N–H and O–H groups in total. The number of halogens is 3. The number of anilines is 1. The molecule has 0 bridgehead atoms. The summed E-state index contributed by atoms with van der Waals surface area (Å²) >= 11 is 17.9. The van der Waals surface area contributed by atoms with E-state index in [1.807, 2.05) is 52.1 Å². The number of aryl methyl sites for hydroxylation is 2. The Morgan fingerprint density at radius 3 is 2.27 bits per heavy atom. The van der Waals surface area contributed by atoms with Crippen LogP contribution in [0.25, 0.3) is 5.69 Å². The van der Waals surface area contributed by atoms with Crippen LogP contribution in [0.1, 0.15) is 51.6 Å². The van der Waals surface area contributed by atoms with Crippen LogP contribution in [0.4, 0.5) is 5.69 Å². The van der Waals surface area contributed by atoms with Crippen LogP contribution < -0.4 is 25.6 Å². The van der Waals surface area contributed by atoms with Crippen molar-refractivity contribution in [1.29, 1.82) is 0 Å². The molecular formula is C36H52Cl3N4O10PS. The van der Waals surface area contributed by atoms with Crippen molar-refractivity contribution in [2.24, 2.45) is 0 Å². The van der Waals surface area contributed by atoms with Crippen molar-refractivity contribution in [3.63, 3.8) is 0 Å². The number of nitrogens with zero attached hydrogens (tertiary/aromatic N) is 3. The fraction of sp³-hybridized carbons (Fsp3) is 0.500. The Bertz CT molecular complexity index is 1820. The van der Waals surface area contributed by atoms with Crippen molar-refractivity contribution in [3.05, 3.63) is 67.9 Å². The van der Waals surface area contributed by atoms with Crippen molar-refractivity contribution < 1.29 is 42.9 Å². The number of carbonyl (C=O) groups excluding carboxylic acids is 1. The molecular weight excluding hydrogens is 818 g/mol. The molecule has 0 saturated heterocycles. The molecule has 3 aromatic rings. The molecule has 1 amide bonds. The zero-order valence-corrected chi connectivity index (χ0v) is 36.8. The van der Waals surface area contributed by atoms with Gasteiger partial charge in [-0.3, -0.25) is 14.9 Å². The number of carboxylic acids is 1. The quantitative estimate of drug-likeness (QED) is 0.0874. The van der Waals surface area contributed by atoms with Crippen molar-refractivity contribution >= 4 is 70.9 Å². The normalized spacial score (nSPS) is 12.3. The predicted octanol–water partition coefficient (Wildman–Crippen LogP) is 5.26. The molecule has 2 unspecified atom stereocenters. The van der Waals surface area contributed by atoms with Crippen LogP contribution in [0.2, 0.25) is 10.0 Å². The van der Waals surface area contributed by atoms with Crippen LogP contribution in [0.15, 0.2) is 39.5 Å². The summed E-state index contributed by atoms with van der Waals surface area (Å²) in [5.74, 6) is 1.02. The summed E-state index contributed by atoms with van der Waals surface area (Å²) in [5, 5.41) is 14.7. The first-order valence-electron chi connectivity index (χ1n) is 16.5. The van der Waals surface area contributed by atoms with E-state index in [9.17, 15) is 23.8 Å². The van der Waals surface area contributed by atoms with Crippen molar-refractivity contribution in [3.8, 4) is 23.8 Å². The second kappa shape index (κ2) is 25.3. The molecule has 0 radical (unpaired) electrons. The Morgan fingerprint density at radius 2 is 1.82 bits per heavy atom. The highest BCUT2D eigenvalue weighted by atomic mass is 35.5. The van der Waals surface area contributed by atoms with E-state index < -0.39 is 37.6 Å². The molecule has 0 spiro atoms. The summed E-state index contributed by atoms with van der Waals surface area (Å²) in [7, 11) is -2.07. The molecule has 0 aliphatic carbocycles. The number of amides is 1. The Labute approximate surface area is 341 Å². The smallest absolute Gasteiger partial charge is 0.442 e. The van der Waals surface area contributed by atoms with E-state index in [1.54, 1.807) is 12.0 Å². The summed E-state index contributed by atoms with van der Waals surface area (Å²) in [4.78, 5) is 53.7. The van der Waals surface area contributed by atoms with Crippen molar-refractivity contribution in [2.45, 2.75) is 59.4 Å². The zero-order valence-electron chi connectivity index (χ0n) is 32.8. The van der Waals surface area contributed by atoms with Crippen molar-refractivity contribution in [2.75, 3.05) is 62.7 Å². The number of rotatable bonds is 13. The van der Waals surface area contributed by atoms with E-state index in [0.717, 1.165) is 27.9 Å². The first-order valence-corrected chi connectivity index (χ1v) is 22.0. The molecule has 19 heteroatoms. The average Bonchev–Trinajstić information content (AvgIpc) is 3.46. The lowest BCUT2D eigenvalue weighted by molar-refractivity contribution is -0.193. The summed E-state index contributed by atoms with van der Waals surface area (Å²) in [6.45, 7) is 11.8. The van der Waals surface area contributed by atoms with Gasteiger partial charge in [0, 0.05) is 18.6 Å². The minimum absolute atomic E-state index is 0.0223. The highest BCUT2D eigenvalue weighted by molar-refractivity contribution is 7.94. The molecule has 0 fully saturated rings. The minimum Gasteiger partial charge on any atom is -0.778 e. The molecule has 3 rings (SSSR count). The Kier molecular flexibility index (Phi) is 23.9. The largest absolute Gasteiger partial charge is 0.778 e. The monoisotopic (exact) mass is 868 g/mol. The number of methoxy groups -OCH3 is 1. The molecule has 1 aromatic heterocycles. The van der Waals surface area contributed by atoms with Gasteiger partial charge in [-0.15, -0.1) is 23.1 Å². The van der Waals surface area contributed by atoms with Gasteiger partial charge in [0.1, 0.15) is 25.8 Å². The second-order valence-electron chi connectivity index (χ2n) is 13.0. The number of aliphatic carboxylic acids is 1. The van der Waals surface area contributed by atoms with Gasteiger partial charge in [0.15, 0.2) is 0 Å². The van der Waals surface area contributed by atoms with Gasteiger partial charge < -0.3 is 38.2 Å². The van der Waals surface area contributed by atoms with E-state index in [-0.39, 0.29) is 34.5 Å². The van der Waals surface area contributed by atoms with Gasteiger partial charge in [0.25, 0.3) is 0 Å². The lowest BCUT2D eigenvalue weighted by Crippen LogP contribution is -2.43. The second-order valence-corrected chi connectivity index (χ2v) is 18.2. The van der Waals surface area contributed by atoms with Crippen molar-refractivity contribution in [1.82, 2.24) is 15.1 Å². The molecule has 0 saturated carbocycles. The number of carbonyl (C=O) groups is 2. The third-order valence-electron chi connectivity index (χ3n) is 6.49.